The number of methoxy groups -OCH3 is 1. The number of hydrogen-bond donors (Lipinski definition) is 1. The zero-order valence-corrected chi connectivity index (χ0v) is 11.9. The molecular formula is C14H20ClN3O. The summed E-state index contributed by atoms with van der Waals surface area (Å²) in [6.07, 6.45) is 0. The molecule has 0 amide bonds. The fraction of sp³-hybridized carbons (Fsp3) is 0.571. The van der Waals surface area contributed by atoms with Gasteiger partial charge in [-0.15, -0.1) is 0 Å². The number of fused-ring (bicyclic) bond motifs is 3. The lowest BCUT2D eigenvalue weighted by molar-refractivity contribution is 0.00213. The van der Waals surface area contributed by atoms with Crippen molar-refractivity contribution < 1.29 is 4.74 Å². The second-order valence-corrected chi connectivity index (χ2v) is 5.73. The Morgan fingerprint density at radius 1 is 1.32 bits per heavy atom. The van der Waals surface area contributed by atoms with Gasteiger partial charge >= 0.3 is 0 Å². The van der Waals surface area contributed by atoms with Crippen LogP contribution in [0.4, 0.5) is 0 Å². The van der Waals surface area contributed by atoms with Crippen LogP contribution in [0.5, 0.6) is 5.75 Å². The number of nitrogens with zero attached hydrogens (tertiary/aromatic N) is 2. The summed E-state index contributed by atoms with van der Waals surface area (Å²) >= 11 is 6.07. The Morgan fingerprint density at radius 2 is 2.05 bits per heavy atom. The van der Waals surface area contributed by atoms with Crippen LogP contribution < -0.4 is 10.5 Å². The van der Waals surface area contributed by atoms with Crippen LogP contribution in [0.1, 0.15) is 11.6 Å². The number of benzene rings is 1. The van der Waals surface area contributed by atoms with Crippen molar-refractivity contribution in [3.05, 3.63) is 28.8 Å². The summed E-state index contributed by atoms with van der Waals surface area (Å²) in [4.78, 5) is 5.00. The molecule has 0 radical (unpaired) electrons. The predicted octanol–water partition coefficient (Wildman–Crippen LogP) is 1.35. The van der Waals surface area contributed by atoms with Crippen LogP contribution >= 0.6 is 11.6 Å². The van der Waals surface area contributed by atoms with Gasteiger partial charge in [0.15, 0.2) is 0 Å². The maximum absolute atomic E-state index is 6.46. The van der Waals surface area contributed by atoms with Gasteiger partial charge in [0.25, 0.3) is 0 Å². The van der Waals surface area contributed by atoms with Gasteiger partial charge < -0.3 is 10.5 Å². The Bertz CT molecular complexity index is 460. The smallest absolute Gasteiger partial charge is 0.137 e. The molecule has 0 aliphatic carbocycles. The van der Waals surface area contributed by atoms with Crippen molar-refractivity contribution in [2.75, 3.05) is 39.8 Å². The lowest BCUT2D eigenvalue weighted by Gasteiger charge is -2.49. The van der Waals surface area contributed by atoms with E-state index in [4.69, 9.17) is 22.1 Å². The Balaban J connectivity index is 1.81. The van der Waals surface area contributed by atoms with Gasteiger partial charge in [-0.25, -0.2) is 0 Å². The lowest BCUT2D eigenvalue weighted by atomic mass is 9.94. The number of rotatable bonds is 3. The molecule has 3 heterocycles. The Labute approximate surface area is 119 Å². The van der Waals surface area contributed by atoms with Crippen molar-refractivity contribution >= 4 is 11.6 Å². The number of halogens is 1. The van der Waals surface area contributed by atoms with Gasteiger partial charge in [0.2, 0.25) is 0 Å². The SMILES string of the molecule is COc1cc(C(N)C2CN3CCN2CC3)ccc1Cl. The number of piperazine rings is 3. The zero-order chi connectivity index (χ0) is 13.4. The molecule has 19 heavy (non-hydrogen) atoms. The van der Waals surface area contributed by atoms with Crippen LogP contribution in [0.2, 0.25) is 5.02 Å². The highest BCUT2D eigenvalue weighted by Crippen LogP contribution is 2.31. The van der Waals surface area contributed by atoms with Gasteiger partial charge in [-0.3, -0.25) is 9.80 Å². The minimum atomic E-state index is 0.00858. The first-order valence-corrected chi connectivity index (χ1v) is 7.12. The molecule has 2 N–H and O–H groups in total. The third-order valence-electron chi connectivity index (χ3n) is 4.30. The summed E-state index contributed by atoms with van der Waals surface area (Å²) < 4.78 is 5.27. The van der Waals surface area contributed by atoms with Crippen molar-refractivity contribution in [3.63, 3.8) is 0 Å². The standard InChI is InChI=1S/C14H20ClN3O/c1-19-13-8-10(2-3-11(13)15)14(16)12-9-17-4-6-18(12)7-5-17/h2-3,8,12,14H,4-7,9,16H2,1H3. The topological polar surface area (TPSA) is 41.7 Å². The molecule has 104 valence electrons. The maximum Gasteiger partial charge on any atom is 0.137 e. The van der Waals surface area contributed by atoms with E-state index < -0.39 is 0 Å². The third-order valence-corrected chi connectivity index (χ3v) is 4.61. The lowest BCUT2D eigenvalue weighted by Crippen LogP contribution is -2.63. The molecule has 1 aromatic carbocycles. The van der Waals surface area contributed by atoms with Crippen LogP contribution in [0.15, 0.2) is 18.2 Å². The fourth-order valence-electron chi connectivity index (χ4n) is 3.10. The highest BCUT2D eigenvalue weighted by Gasteiger charge is 2.35. The minimum Gasteiger partial charge on any atom is -0.495 e. The molecule has 4 nitrogen and oxygen atoms in total. The molecule has 0 aromatic heterocycles. The van der Waals surface area contributed by atoms with Crippen molar-refractivity contribution in [2.45, 2.75) is 12.1 Å². The van der Waals surface area contributed by atoms with E-state index in [0.29, 0.717) is 16.8 Å². The van der Waals surface area contributed by atoms with E-state index in [2.05, 4.69) is 9.80 Å². The quantitative estimate of drug-likeness (QED) is 0.908. The second-order valence-electron chi connectivity index (χ2n) is 5.32. The summed E-state index contributed by atoms with van der Waals surface area (Å²) in [5.74, 6) is 0.700. The molecule has 3 saturated heterocycles. The van der Waals surface area contributed by atoms with E-state index in [0.717, 1.165) is 25.2 Å². The largest absolute Gasteiger partial charge is 0.495 e. The first-order valence-electron chi connectivity index (χ1n) is 6.74. The van der Waals surface area contributed by atoms with Crippen LogP contribution in [0.3, 0.4) is 0 Å². The summed E-state index contributed by atoms with van der Waals surface area (Å²) in [6, 6.07) is 6.24. The van der Waals surface area contributed by atoms with E-state index in [-0.39, 0.29) is 6.04 Å². The average molecular weight is 282 g/mol. The average Bonchev–Trinajstić information content (AvgIpc) is 2.48. The van der Waals surface area contributed by atoms with Crippen molar-refractivity contribution in [1.82, 2.24) is 9.80 Å². The predicted molar refractivity (Wildman–Crippen MR) is 76.7 cm³/mol. The Hall–Kier alpha value is -0.810. The molecular weight excluding hydrogens is 262 g/mol. The van der Waals surface area contributed by atoms with Crippen molar-refractivity contribution in [1.29, 1.82) is 0 Å². The van der Waals surface area contributed by atoms with E-state index in [1.54, 1.807) is 7.11 Å². The second kappa shape index (κ2) is 5.29. The van der Waals surface area contributed by atoms with Crippen LogP contribution in [0, 0.1) is 0 Å². The first-order chi connectivity index (χ1) is 9.19. The van der Waals surface area contributed by atoms with Crippen molar-refractivity contribution in [2.24, 2.45) is 5.73 Å². The van der Waals surface area contributed by atoms with Gasteiger partial charge in [0.1, 0.15) is 5.75 Å². The monoisotopic (exact) mass is 281 g/mol. The van der Waals surface area contributed by atoms with E-state index >= 15 is 0 Å². The van der Waals surface area contributed by atoms with Crippen molar-refractivity contribution in [3.8, 4) is 5.75 Å². The highest BCUT2D eigenvalue weighted by atomic mass is 35.5. The molecule has 5 heteroatoms. The summed E-state index contributed by atoms with van der Waals surface area (Å²) in [5, 5.41) is 0.632. The van der Waals surface area contributed by atoms with E-state index in [9.17, 15) is 0 Å². The first kappa shape index (κ1) is 13.2. The maximum atomic E-state index is 6.46. The number of ether oxygens (including phenoxy) is 1. The molecule has 2 atom stereocenters. The molecule has 2 unspecified atom stereocenters. The zero-order valence-electron chi connectivity index (χ0n) is 11.2. The fourth-order valence-corrected chi connectivity index (χ4v) is 3.30. The summed E-state index contributed by atoms with van der Waals surface area (Å²) in [5.41, 5.74) is 7.56. The van der Waals surface area contributed by atoms with Gasteiger partial charge in [-0.1, -0.05) is 17.7 Å². The molecule has 1 aromatic rings. The minimum absolute atomic E-state index is 0.00858. The summed E-state index contributed by atoms with van der Waals surface area (Å²) in [7, 11) is 1.63. The van der Waals surface area contributed by atoms with Crippen LogP contribution in [-0.2, 0) is 0 Å². The van der Waals surface area contributed by atoms with Gasteiger partial charge in [-0.2, -0.15) is 0 Å². The molecule has 0 saturated carbocycles. The molecule has 4 rings (SSSR count). The molecule has 3 fully saturated rings. The van der Waals surface area contributed by atoms with E-state index in [1.807, 2.05) is 18.2 Å². The third kappa shape index (κ3) is 2.46. The van der Waals surface area contributed by atoms with Gasteiger partial charge in [0.05, 0.1) is 12.1 Å². The molecule has 3 aliphatic rings. The van der Waals surface area contributed by atoms with Crippen LogP contribution in [0.25, 0.3) is 0 Å². The Kier molecular flexibility index (Phi) is 3.67. The summed E-state index contributed by atoms with van der Waals surface area (Å²) in [6.45, 7) is 5.67. The number of nitrogens with two attached hydrogens (primary N) is 1. The molecule has 3 aliphatic heterocycles. The number of hydrogen-bond acceptors (Lipinski definition) is 4. The van der Waals surface area contributed by atoms with Gasteiger partial charge in [0, 0.05) is 44.8 Å². The normalized spacial score (nSPS) is 31.2. The highest BCUT2D eigenvalue weighted by molar-refractivity contribution is 6.32. The molecule has 2 bridgehead atoms. The van der Waals surface area contributed by atoms with Gasteiger partial charge in [-0.05, 0) is 17.7 Å². The molecule has 0 spiro atoms. The van der Waals surface area contributed by atoms with Crippen LogP contribution in [-0.4, -0.2) is 55.7 Å². The Morgan fingerprint density at radius 3 is 2.63 bits per heavy atom. The van der Waals surface area contributed by atoms with E-state index in [1.165, 1.54) is 13.1 Å².